The fourth-order valence-electron chi connectivity index (χ4n) is 3.18. The summed E-state index contributed by atoms with van der Waals surface area (Å²) in [6.07, 6.45) is 1.90. The van der Waals surface area contributed by atoms with Crippen molar-refractivity contribution < 1.29 is 14.3 Å². The molecule has 3 aliphatic heterocycles. The number of nitrogens with zero attached hydrogens (tertiary/aromatic N) is 1. The fraction of sp³-hybridized carbons (Fsp3) is 0.500. The molecule has 3 heterocycles. The van der Waals surface area contributed by atoms with Gasteiger partial charge in [0, 0.05) is 18.3 Å². The normalized spacial score (nSPS) is 23.6. The maximum Gasteiger partial charge on any atom is 0.235 e. The zero-order valence-electron chi connectivity index (χ0n) is 10.6. The molecule has 1 aromatic rings. The van der Waals surface area contributed by atoms with E-state index >= 15 is 0 Å². The summed E-state index contributed by atoms with van der Waals surface area (Å²) in [5.74, 6) is 1.75. The van der Waals surface area contributed by atoms with E-state index in [4.69, 9.17) is 9.47 Å². The van der Waals surface area contributed by atoms with Crippen molar-refractivity contribution in [2.45, 2.75) is 12.8 Å². The largest absolute Gasteiger partial charge is 0.454 e. The van der Waals surface area contributed by atoms with E-state index in [1.165, 1.54) is 0 Å². The van der Waals surface area contributed by atoms with Gasteiger partial charge in [-0.2, -0.15) is 0 Å². The van der Waals surface area contributed by atoms with Crippen LogP contribution in [0.3, 0.4) is 0 Å². The Kier molecular flexibility index (Phi) is 2.26. The van der Waals surface area contributed by atoms with Gasteiger partial charge in [-0.25, -0.2) is 0 Å². The summed E-state index contributed by atoms with van der Waals surface area (Å²) in [5, 5.41) is 3.31. The predicted octanol–water partition coefficient (Wildman–Crippen LogP) is 1.13. The van der Waals surface area contributed by atoms with Gasteiger partial charge in [-0.3, -0.25) is 4.79 Å². The zero-order chi connectivity index (χ0) is 12.9. The van der Waals surface area contributed by atoms with Crippen molar-refractivity contribution in [1.29, 1.82) is 0 Å². The van der Waals surface area contributed by atoms with Crippen LogP contribution in [0.4, 0.5) is 5.69 Å². The number of amides is 1. The van der Waals surface area contributed by atoms with Crippen LogP contribution in [0.25, 0.3) is 0 Å². The molecular formula is C14H16N2O3. The van der Waals surface area contributed by atoms with E-state index in [0.29, 0.717) is 0 Å². The lowest BCUT2D eigenvalue weighted by atomic mass is 9.71. The van der Waals surface area contributed by atoms with Crippen LogP contribution in [0, 0.1) is 5.41 Å². The third-order valence-electron chi connectivity index (χ3n) is 4.39. The number of carbonyl (C=O) groups is 1. The highest BCUT2D eigenvalue weighted by atomic mass is 16.7. The number of anilines is 1. The Morgan fingerprint density at radius 1 is 1.16 bits per heavy atom. The van der Waals surface area contributed by atoms with E-state index in [-0.39, 0.29) is 18.1 Å². The number of carbonyl (C=O) groups excluding carboxylic acids is 1. The standard InChI is InChI=1S/C14H16N2O3/c17-13-14(3-5-15-6-4-14)8-16(13)10-1-2-11-12(7-10)19-9-18-11/h1-2,7,15H,3-6,8-9H2. The molecule has 19 heavy (non-hydrogen) atoms. The lowest BCUT2D eigenvalue weighted by molar-refractivity contribution is -0.137. The molecule has 2 saturated heterocycles. The molecule has 0 aromatic heterocycles. The molecule has 4 rings (SSSR count). The Morgan fingerprint density at radius 3 is 2.74 bits per heavy atom. The number of piperidine rings is 1. The van der Waals surface area contributed by atoms with Gasteiger partial charge in [0.25, 0.3) is 0 Å². The van der Waals surface area contributed by atoms with Gasteiger partial charge in [0.1, 0.15) is 0 Å². The molecule has 100 valence electrons. The molecule has 0 unspecified atom stereocenters. The number of hydrogen-bond acceptors (Lipinski definition) is 4. The molecule has 5 heteroatoms. The lowest BCUT2D eigenvalue weighted by Gasteiger charge is -2.50. The van der Waals surface area contributed by atoms with E-state index in [9.17, 15) is 4.79 Å². The Labute approximate surface area is 111 Å². The van der Waals surface area contributed by atoms with Crippen molar-refractivity contribution in [2.24, 2.45) is 5.41 Å². The third kappa shape index (κ3) is 1.54. The summed E-state index contributed by atoms with van der Waals surface area (Å²) >= 11 is 0. The molecule has 1 N–H and O–H groups in total. The number of rotatable bonds is 1. The van der Waals surface area contributed by atoms with E-state index < -0.39 is 0 Å². The minimum atomic E-state index is -0.110. The van der Waals surface area contributed by atoms with Crippen LogP contribution in [0.15, 0.2) is 18.2 Å². The predicted molar refractivity (Wildman–Crippen MR) is 69.5 cm³/mol. The molecule has 1 spiro atoms. The lowest BCUT2D eigenvalue weighted by Crippen LogP contribution is -2.64. The minimum Gasteiger partial charge on any atom is -0.454 e. The Hall–Kier alpha value is -1.75. The Balaban J connectivity index is 1.57. The number of ether oxygens (including phenoxy) is 2. The van der Waals surface area contributed by atoms with Crippen molar-refractivity contribution in [3.63, 3.8) is 0 Å². The summed E-state index contributed by atoms with van der Waals surface area (Å²) in [6, 6.07) is 5.70. The molecular weight excluding hydrogens is 244 g/mol. The smallest absolute Gasteiger partial charge is 0.235 e. The Morgan fingerprint density at radius 2 is 1.95 bits per heavy atom. The van der Waals surface area contributed by atoms with Gasteiger partial charge in [0.2, 0.25) is 12.7 Å². The third-order valence-corrected chi connectivity index (χ3v) is 4.39. The van der Waals surface area contributed by atoms with Crippen molar-refractivity contribution in [2.75, 3.05) is 31.3 Å². The first kappa shape index (κ1) is 11.1. The van der Waals surface area contributed by atoms with Crippen molar-refractivity contribution in [1.82, 2.24) is 5.32 Å². The number of β-lactam (4-membered cyclic amide) rings is 1. The molecule has 3 aliphatic rings. The van der Waals surface area contributed by atoms with E-state index in [1.807, 2.05) is 23.1 Å². The highest BCUT2D eigenvalue weighted by Crippen LogP contribution is 2.44. The van der Waals surface area contributed by atoms with Crippen LogP contribution in [0.1, 0.15) is 12.8 Å². The van der Waals surface area contributed by atoms with Crippen molar-refractivity contribution in [3.05, 3.63) is 18.2 Å². The second kappa shape index (κ2) is 3.87. The SMILES string of the molecule is O=C1N(c2ccc3c(c2)OCO3)CC12CCNCC2. The average molecular weight is 260 g/mol. The van der Waals surface area contributed by atoms with Gasteiger partial charge in [0.15, 0.2) is 11.5 Å². The van der Waals surface area contributed by atoms with Gasteiger partial charge < -0.3 is 19.7 Å². The van der Waals surface area contributed by atoms with E-state index in [0.717, 1.165) is 49.7 Å². The van der Waals surface area contributed by atoms with Crippen LogP contribution in [-0.2, 0) is 4.79 Å². The summed E-state index contributed by atoms with van der Waals surface area (Å²) in [7, 11) is 0. The highest BCUT2D eigenvalue weighted by Gasteiger charge is 2.52. The van der Waals surface area contributed by atoms with Gasteiger partial charge >= 0.3 is 0 Å². The van der Waals surface area contributed by atoms with Gasteiger partial charge in [-0.15, -0.1) is 0 Å². The molecule has 5 nitrogen and oxygen atoms in total. The van der Waals surface area contributed by atoms with Crippen LogP contribution < -0.4 is 19.7 Å². The fourth-order valence-corrected chi connectivity index (χ4v) is 3.18. The summed E-state index contributed by atoms with van der Waals surface area (Å²) in [4.78, 5) is 14.3. The number of benzene rings is 1. The Bertz CT molecular complexity index is 537. The maximum atomic E-state index is 12.5. The van der Waals surface area contributed by atoms with Crippen LogP contribution in [-0.4, -0.2) is 32.3 Å². The van der Waals surface area contributed by atoms with Crippen LogP contribution in [0.2, 0.25) is 0 Å². The number of nitrogens with one attached hydrogen (secondary N) is 1. The van der Waals surface area contributed by atoms with Gasteiger partial charge in [-0.05, 0) is 38.1 Å². The molecule has 0 aliphatic carbocycles. The first-order valence-electron chi connectivity index (χ1n) is 6.71. The van der Waals surface area contributed by atoms with E-state index in [1.54, 1.807) is 0 Å². The van der Waals surface area contributed by atoms with Gasteiger partial charge in [0.05, 0.1) is 5.41 Å². The second-order valence-corrected chi connectivity index (χ2v) is 5.46. The molecule has 0 saturated carbocycles. The summed E-state index contributed by atoms with van der Waals surface area (Å²) in [6.45, 7) is 2.98. The second-order valence-electron chi connectivity index (χ2n) is 5.46. The molecule has 2 fully saturated rings. The summed E-state index contributed by atoms with van der Waals surface area (Å²) in [5.41, 5.74) is 0.806. The molecule has 0 bridgehead atoms. The van der Waals surface area contributed by atoms with Crippen molar-refractivity contribution >= 4 is 11.6 Å². The van der Waals surface area contributed by atoms with Crippen LogP contribution >= 0.6 is 0 Å². The van der Waals surface area contributed by atoms with Gasteiger partial charge in [-0.1, -0.05) is 0 Å². The first-order valence-corrected chi connectivity index (χ1v) is 6.71. The molecule has 1 amide bonds. The topological polar surface area (TPSA) is 50.8 Å². The molecule has 0 atom stereocenters. The minimum absolute atomic E-state index is 0.110. The maximum absolute atomic E-state index is 12.5. The zero-order valence-corrected chi connectivity index (χ0v) is 10.6. The first-order chi connectivity index (χ1) is 9.28. The van der Waals surface area contributed by atoms with Crippen LogP contribution in [0.5, 0.6) is 11.5 Å². The highest BCUT2D eigenvalue weighted by molar-refractivity contribution is 6.04. The number of hydrogen-bond donors (Lipinski definition) is 1. The van der Waals surface area contributed by atoms with E-state index in [2.05, 4.69) is 5.32 Å². The summed E-state index contributed by atoms with van der Waals surface area (Å²) < 4.78 is 10.6. The van der Waals surface area contributed by atoms with Crippen molar-refractivity contribution in [3.8, 4) is 11.5 Å². The quantitative estimate of drug-likeness (QED) is 0.769. The molecule has 1 aromatic carbocycles. The monoisotopic (exact) mass is 260 g/mol. The molecule has 0 radical (unpaired) electrons. The average Bonchev–Trinajstić information content (AvgIpc) is 2.93. The number of fused-ring (bicyclic) bond motifs is 1.